The Morgan fingerprint density at radius 2 is 1.90 bits per heavy atom. The van der Waals surface area contributed by atoms with Gasteiger partial charge < -0.3 is 5.32 Å². The van der Waals surface area contributed by atoms with E-state index in [9.17, 15) is 19.7 Å². The molecular weight excluding hydrogens is 426 g/mol. The highest BCUT2D eigenvalue weighted by molar-refractivity contribution is 8.01. The lowest BCUT2D eigenvalue weighted by molar-refractivity contribution is -0.384. The van der Waals surface area contributed by atoms with Crippen LogP contribution < -0.4 is 10.6 Å². The second-order valence-corrected chi connectivity index (χ2v) is 7.95. The van der Waals surface area contributed by atoms with E-state index >= 15 is 0 Å². The molecule has 11 heteroatoms. The minimum atomic E-state index is -0.531. The molecule has 152 valence electrons. The van der Waals surface area contributed by atoms with Crippen LogP contribution in [-0.2, 0) is 9.59 Å². The molecule has 9 nitrogen and oxygen atoms in total. The van der Waals surface area contributed by atoms with Crippen LogP contribution in [0.3, 0.4) is 0 Å². The standard InChI is InChI=1S/C19H15N5O4S2/c25-16(10-9-13-5-2-1-3-6-13)21-18-22-23-19(30-18)29-12-17(26)20-14-7-4-8-15(11-14)24(27)28/h1-11H,12H2,(H,20,26)(H,21,22,25)/b10-9+. The smallest absolute Gasteiger partial charge is 0.271 e. The molecule has 3 rings (SSSR count). The highest BCUT2D eigenvalue weighted by Gasteiger charge is 2.11. The normalized spacial score (nSPS) is 10.7. The zero-order chi connectivity index (χ0) is 21.3. The summed E-state index contributed by atoms with van der Waals surface area (Å²) in [5, 5.41) is 24.1. The topological polar surface area (TPSA) is 127 Å². The van der Waals surface area contributed by atoms with Gasteiger partial charge in [-0.15, -0.1) is 10.2 Å². The average molecular weight is 441 g/mol. The molecule has 2 amide bonds. The highest BCUT2D eigenvalue weighted by atomic mass is 32.2. The van der Waals surface area contributed by atoms with Gasteiger partial charge in [-0.05, 0) is 17.7 Å². The van der Waals surface area contributed by atoms with Crippen LogP contribution in [0.1, 0.15) is 5.56 Å². The van der Waals surface area contributed by atoms with Crippen LogP contribution in [0.4, 0.5) is 16.5 Å². The monoisotopic (exact) mass is 441 g/mol. The first-order chi connectivity index (χ1) is 14.5. The third kappa shape index (κ3) is 6.50. The maximum Gasteiger partial charge on any atom is 0.271 e. The van der Waals surface area contributed by atoms with Gasteiger partial charge in [-0.2, -0.15) is 0 Å². The number of anilines is 2. The maximum absolute atomic E-state index is 12.0. The Morgan fingerprint density at radius 1 is 1.10 bits per heavy atom. The molecule has 0 spiro atoms. The lowest BCUT2D eigenvalue weighted by Gasteiger charge is -2.03. The van der Waals surface area contributed by atoms with E-state index < -0.39 is 4.92 Å². The van der Waals surface area contributed by atoms with Crippen molar-refractivity contribution in [2.45, 2.75) is 4.34 Å². The molecule has 2 aromatic carbocycles. The molecule has 1 aromatic heterocycles. The van der Waals surface area contributed by atoms with Crippen molar-refractivity contribution in [3.05, 3.63) is 76.4 Å². The fourth-order valence-corrected chi connectivity index (χ4v) is 3.78. The predicted octanol–water partition coefficient (Wildman–Crippen LogP) is 3.83. The van der Waals surface area contributed by atoms with Crippen molar-refractivity contribution in [2.24, 2.45) is 0 Å². The Bertz CT molecular complexity index is 1090. The van der Waals surface area contributed by atoms with E-state index in [1.807, 2.05) is 30.3 Å². The number of nitrogens with one attached hydrogen (secondary N) is 2. The fraction of sp³-hybridized carbons (Fsp3) is 0.0526. The molecule has 3 aromatic rings. The van der Waals surface area contributed by atoms with Gasteiger partial charge in [0.25, 0.3) is 5.69 Å². The van der Waals surface area contributed by atoms with Crippen LogP contribution in [0, 0.1) is 10.1 Å². The van der Waals surface area contributed by atoms with Crippen LogP contribution in [0.25, 0.3) is 6.08 Å². The van der Waals surface area contributed by atoms with Crippen molar-refractivity contribution in [3.63, 3.8) is 0 Å². The molecule has 0 bridgehead atoms. The Morgan fingerprint density at radius 3 is 2.67 bits per heavy atom. The van der Waals surface area contributed by atoms with Gasteiger partial charge in [-0.1, -0.05) is 59.5 Å². The van der Waals surface area contributed by atoms with Crippen LogP contribution in [0.2, 0.25) is 0 Å². The average Bonchev–Trinajstić information content (AvgIpc) is 3.19. The molecule has 0 aliphatic heterocycles. The maximum atomic E-state index is 12.0. The number of non-ortho nitro benzene ring substituents is 1. The lowest BCUT2D eigenvalue weighted by atomic mass is 10.2. The molecule has 1 heterocycles. The van der Waals surface area contributed by atoms with Crippen molar-refractivity contribution in [2.75, 3.05) is 16.4 Å². The number of thioether (sulfide) groups is 1. The summed E-state index contributed by atoms with van der Waals surface area (Å²) in [6.45, 7) is 0. The molecule has 0 saturated heterocycles. The van der Waals surface area contributed by atoms with E-state index in [-0.39, 0.29) is 23.3 Å². The van der Waals surface area contributed by atoms with Crippen molar-refractivity contribution in [1.29, 1.82) is 0 Å². The van der Waals surface area contributed by atoms with Crippen molar-refractivity contribution >= 4 is 57.5 Å². The molecule has 2 N–H and O–H groups in total. The first kappa shape index (κ1) is 21.1. The summed E-state index contributed by atoms with van der Waals surface area (Å²) in [6, 6.07) is 15.1. The highest BCUT2D eigenvalue weighted by Crippen LogP contribution is 2.26. The molecule has 0 unspecified atom stereocenters. The Kier molecular flexibility index (Phi) is 7.24. The van der Waals surface area contributed by atoms with Gasteiger partial charge in [0.2, 0.25) is 16.9 Å². The number of benzene rings is 2. The Labute approximate surface area is 179 Å². The van der Waals surface area contributed by atoms with Gasteiger partial charge in [0.15, 0.2) is 4.34 Å². The van der Waals surface area contributed by atoms with Gasteiger partial charge in [-0.3, -0.25) is 25.0 Å². The summed E-state index contributed by atoms with van der Waals surface area (Å²) in [5.74, 6) is -0.638. The Hall–Kier alpha value is -3.57. The second-order valence-electron chi connectivity index (χ2n) is 5.75. The van der Waals surface area contributed by atoms with E-state index in [1.165, 1.54) is 24.3 Å². The number of nitrogens with zero attached hydrogens (tertiary/aromatic N) is 3. The van der Waals surface area contributed by atoms with Crippen molar-refractivity contribution in [3.8, 4) is 0 Å². The lowest BCUT2D eigenvalue weighted by Crippen LogP contribution is -2.14. The molecule has 0 fully saturated rings. The summed E-state index contributed by atoms with van der Waals surface area (Å²) in [5.41, 5.74) is 1.13. The van der Waals surface area contributed by atoms with E-state index in [0.717, 1.165) is 28.7 Å². The number of nitro benzene ring substituents is 1. The third-order valence-electron chi connectivity index (χ3n) is 3.53. The van der Waals surface area contributed by atoms with Crippen LogP contribution in [0.15, 0.2) is 65.0 Å². The zero-order valence-electron chi connectivity index (χ0n) is 15.3. The third-order valence-corrected chi connectivity index (χ3v) is 5.50. The quantitative estimate of drug-likeness (QED) is 0.179. The zero-order valence-corrected chi connectivity index (χ0v) is 17.0. The molecule has 0 atom stereocenters. The van der Waals surface area contributed by atoms with E-state index in [2.05, 4.69) is 20.8 Å². The van der Waals surface area contributed by atoms with Gasteiger partial charge in [-0.25, -0.2) is 0 Å². The van der Waals surface area contributed by atoms with E-state index in [0.29, 0.717) is 15.2 Å². The number of aromatic nitrogens is 2. The van der Waals surface area contributed by atoms with Crippen LogP contribution in [-0.4, -0.2) is 32.7 Å². The Balaban J connectivity index is 1.47. The fourth-order valence-electron chi connectivity index (χ4n) is 2.22. The van der Waals surface area contributed by atoms with Gasteiger partial charge >= 0.3 is 0 Å². The number of carbonyl (C=O) groups is 2. The number of nitro groups is 1. The summed E-state index contributed by atoms with van der Waals surface area (Å²) in [7, 11) is 0. The van der Waals surface area contributed by atoms with Crippen LogP contribution >= 0.6 is 23.1 Å². The number of rotatable bonds is 8. The molecule has 0 saturated carbocycles. The summed E-state index contributed by atoms with van der Waals surface area (Å²) < 4.78 is 0.506. The van der Waals surface area contributed by atoms with Crippen molar-refractivity contribution < 1.29 is 14.5 Å². The number of hydrogen-bond acceptors (Lipinski definition) is 8. The van der Waals surface area contributed by atoms with Crippen LogP contribution in [0.5, 0.6) is 0 Å². The minimum Gasteiger partial charge on any atom is -0.325 e. The van der Waals surface area contributed by atoms with Gasteiger partial charge in [0.05, 0.1) is 10.7 Å². The first-order valence-corrected chi connectivity index (χ1v) is 10.3. The van der Waals surface area contributed by atoms with E-state index in [1.54, 1.807) is 12.1 Å². The summed E-state index contributed by atoms with van der Waals surface area (Å²) in [6.07, 6.45) is 3.08. The summed E-state index contributed by atoms with van der Waals surface area (Å²) >= 11 is 2.29. The summed E-state index contributed by atoms with van der Waals surface area (Å²) in [4.78, 5) is 34.3. The van der Waals surface area contributed by atoms with Crippen molar-refractivity contribution in [1.82, 2.24) is 10.2 Å². The number of hydrogen-bond donors (Lipinski definition) is 2. The number of carbonyl (C=O) groups excluding carboxylic acids is 2. The number of amides is 2. The van der Waals surface area contributed by atoms with E-state index in [4.69, 9.17) is 0 Å². The molecular formula is C19H15N5O4S2. The van der Waals surface area contributed by atoms with Gasteiger partial charge in [0, 0.05) is 23.9 Å². The first-order valence-electron chi connectivity index (χ1n) is 8.54. The molecule has 0 aliphatic rings. The predicted molar refractivity (Wildman–Crippen MR) is 116 cm³/mol. The minimum absolute atomic E-state index is 0.0409. The molecule has 0 radical (unpaired) electrons. The largest absolute Gasteiger partial charge is 0.325 e. The second kappa shape index (κ2) is 10.3. The van der Waals surface area contributed by atoms with Gasteiger partial charge in [0.1, 0.15) is 0 Å². The SMILES string of the molecule is O=C(/C=C/c1ccccc1)Nc1nnc(SCC(=O)Nc2cccc([N+](=O)[O-])c2)s1. The molecule has 0 aliphatic carbocycles. The molecule has 30 heavy (non-hydrogen) atoms.